The molecule has 2 rings (SSSR count). The van der Waals surface area contributed by atoms with E-state index in [4.69, 9.17) is 4.42 Å². The van der Waals surface area contributed by atoms with Gasteiger partial charge in [-0.2, -0.15) is 0 Å². The first-order valence-electron chi connectivity index (χ1n) is 4.41. The quantitative estimate of drug-likeness (QED) is 0.808. The first-order chi connectivity index (χ1) is 7.36. The molecule has 2 aromatic heterocycles. The van der Waals surface area contributed by atoms with Crippen LogP contribution in [0.3, 0.4) is 0 Å². The summed E-state index contributed by atoms with van der Waals surface area (Å²) in [5.41, 5.74) is 1.27. The molecule has 0 aliphatic carbocycles. The SMILES string of the molecule is O=C(NCc1cocn1)c1ccncc1. The van der Waals surface area contributed by atoms with Crippen molar-refractivity contribution in [1.82, 2.24) is 15.3 Å². The van der Waals surface area contributed by atoms with Crippen molar-refractivity contribution in [3.05, 3.63) is 48.4 Å². The van der Waals surface area contributed by atoms with E-state index in [0.717, 1.165) is 0 Å². The van der Waals surface area contributed by atoms with Crippen LogP contribution in [0.5, 0.6) is 0 Å². The molecule has 0 radical (unpaired) electrons. The van der Waals surface area contributed by atoms with Gasteiger partial charge in [-0.3, -0.25) is 9.78 Å². The molecule has 0 saturated carbocycles. The zero-order chi connectivity index (χ0) is 10.5. The third-order valence-corrected chi connectivity index (χ3v) is 1.86. The maximum Gasteiger partial charge on any atom is 0.251 e. The first-order valence-corrected chi connectivity index (χ1v) is 4.41. The van der Waals surface area contributed by atoms with Gasteiger partial charge in [-0.15, -0.1) is 0 Å². The molecule has 0 aromatic carbocycles. The number of hydrogen-bond acceptors (Lipinski definition) is 4. The summed E-state index contributed by atoms with van der Waals surface area (Å²) in [5, 5.41) is 2.71. The maximum atomic E-state index is 11.5. The Morgan fingerprint density at radius 1 is 1.40 bits per heavy atom. The summed E-state index contributed by atoms with van der Waals surface area (Å²) in [6.07, 6.45) is 5.97. The average Bonchev–Trinajstić information content (AvgIpc) is 2.80. The topological polar surface area (TPSA) is 68.0 Å². The van der Waals surface area contributed by atoms with E-state index in [-0.39, 0.29) is 5.91 Å². The molecule has 0 saturated heterocycles. The number of pyridine rings is 1. The van der Waals surface area contributed by atoms with Crippen molar-refractivity contribution in [3.8, 4) is 0 Å². The van der Waals surface area contributed by atoms with Gasteiger partial charge in [0.25, 0.3) is 5.91 Å². The average molecular weight is 203 g/mol. The molecule has 0 unspecified atom stereocenters. The standard InChI is InChI=1S/C10H9N3O2/c14-10(8-1-3-11-4-2-8)12-5-9-6-15-7-13-9/h1-4,6-7H,5H2,(H,12,14). The Morgan fingerprint density at radius 2 is 2.20 bits per heavy atom. The predicted molar refractivity (Wildman–Crippen MR) is 51.9 cm³/mol. The highest BCUT2D eigenvalue weighted by atomic mass is 16.3. The summed E-state index contributed by atoms with van der Waals surface area (Å²) >= 11 is 0. The maximum absolute atomic E-state index is 11.5. The van der Waals surface area contributed by atoms with E-state index in [1.807, 2.05) is 0 Å². The van der Waals surface area contributed by atoms with Crippen LogP contribution in [-0.2, 0) is 6.54 Å². The highest BCUT2D eigenvalue weighted by Gasteiger charge is 2.04. The molecule has 0 fully saturated rings. The molecule has 0 aliphatic rings. The van der Waals surface area contributed by atoms with Crippen molar-refractivity contribution in [2.75, 3.05) is 0 Å². The zero-order valence-electron chi connectivity index (χ0n) is 7.88. The summed E-state index contributed by atoms with van der Waals surface area (Å²) in [7, 11) is 0. The molecule has 0 aliphatic heterocycles. The number of amides is 1. The monoisotopic (exact) mass is 203 g/mol. The van der Waals surface area contributed by atoms with Gasteiger partial charge in [0.2, 0.25) is 0 Å². The molecular formula is C10H9N3O2. The minimum atomic E-state index is -0.152. The fourth-order valence-corrected chi connectivity index (χ4v) is 1.10. The zero-order valence-corrected chi connectivity index (χ0v) is 7.88. The fraction of sp³-hybridized carbons (Fsp3) is 0.100. The number of hydrogen-bond donors (Lipinski definition) is 1. The van der Waals surface area contributed by atoms with Gasteiger partial charge < -0.3 is 9.73 Å². The van der Waals surface area contributed by atoms with E-state index in [1.165, 1.54) is 12.7 Å². The van der Waals surface area contributed by atoms with Gasteiger partial charge in [0, 0.05) is 18.0 Å². The van der Waals surface area contributed by atoms with Crippen molar-refractivity contribution in [2.24, 2.45) is 0 Å². The van der Waals surface area contributed by atoms with Gasteiger partial charge in [-0.25, -0.2) is 4.98 Å². The Morgan fingerprint density at radius 3 is 2.87 bits per heavy atom. The highest BCUT2D eigenvalue weighted by molar-refractivity contribution is 5.93. The number of aromatic nitrogens is 2. The number of oxazole rings is 1. The lowest BCUT2D eigenvalue weighted by Gasteiger charge is -2.01. The first kappa shape index (κ1) is 9.39. The molecule has 0 atom stereocenters. The van der Waals surface area contributed by atoms with Gasteiger partial charge in [0.15, 0.2) is 6.39 Å². The highest BCUT2D eigenvalue weighted by Crippen LogP contribution is 1.98. The molecule has 15 heavy (non-hydrogen) atoms. The summed E-state index contributed by atoms with van der Waals surface area (Å²) in [6.45, 7) is 0.359. The van der Waals surface area contributed by atoms with Crippen LogP contribution in [-0.4, -0.2) is 15.9 Å². The van der Waals surface area contributed by atoms with E-state index in [1.54, 1.807) is 24.5 Å². The van der Waals surface area contributed by atoms with Crippen LogP contribution in [0.15, 0.2) is 41.6 Å². The molecule has 5 heteroatoms. The third-order valence-electron chi connectivity index (χ3n) is 1.86. The van der Waals surface area contributed by atoms with Crippen LogP contribution in [0.4, 0.5) is 0 Å². The van der Waals surface area contributed by atoms with Crippen LogP contribution in [0.2, 0.25) is 0 Å². The summed E-state index contributed by atoms with van der Waals surface area (Å²) in [4.78, 5) is 19.3. The largest absolute Gasteiger partial charge is 0.451 e. The third kappa shape index (κ3) is 2.40. The Kier molecular flexibility index (Phi) is 2.73. The Bertz CT molecular complexity index is 425. The minimum absolute atomic E-state index is 0.152. The van der Waals surface area contributed by atoms with Crippen LogP contribution in [0.1, 0.15) is 16.1 Å². The second-order valence-electron chi connectivity index (χ2n) is 2.90. The number of nitrogens with one attached hydrogen (secondary N) is 1. The number of carbonyl (C=O) groups is 1. The van der Waals surface area contributed by atoms with Crippen LogP contribution < -0.4 is 5.32 Å². The predicted octanol–water partition coefficient (Wildman–Crippen LogP) is 1.000. The number of nitrogens with zero attached hydrogens (tertiary/aromatic N) is 2. The number of rotatable bonds is 3. The lowest BCUT2D eigenvalue weighted by Crippen LogP contribution is -2.22. The molecule has 0 bridgehead atoms. The second-order valence-corrected chi connectivity index (χ2v) is 2.90. The Balaban J connectivity index is 1.94. The van der Waals surface area contributed by atoms with Crippen LogP contribution in [0.25, 0.3) is 0 Å². The molecule has 76 valence electrons. The van der Waals surface area contributed by atoms with Crippen molar-refractivity contribution < 1.29 is 9.21 Å². The van der Waals surface area contributed by atoms with E-state index >= 15 is 0 Å². The van der Waals surface area contributed by atoms with Gasteiger partial charge in [0.1, 0.15) is 6.26 Å². The molecule has 0 spiro atoms. The van der Waals surface area contributed by atoms with Gasteiger partial charge in [0.05, 0.1) is 12.2 Å². The summed E-state index contributed by atoms with van der Waals surface area (Å²) in [6, 6.07) is 3.30. The minimum Gasteiger partial charge on any atom is -0.451 e. The van der Waals surface area contributed by atoms with E-state index < -0.39 is 0 Å². The molecule has 2 aromatic rings. The van der Waals surface area contributed by atoms with Crippen molar-refractivity contribution >= 4 is 5.91 Å². The molecule has 1 N–H and O–H groups in total. The smallest absolute Gasteiger partial charge is 0.251 e. The molecular weight excluding hydrogens is 194 g/mol. The van der Waals surface area contributed by atoms with Crippen molar-refractivity contribution in [1.29, 1.82) is 0 Å². The van der Waals surface area contributed by atoms with E-state index in [9.17, 15) is 4.79 Å². The van der Waals surface area contributed by atoms with Crippen LogP contribution >= 0.6 is 0 Å². The van der Waals surface area contributed by atoms with Crippen molar-refractivity contribution in [2.45, 2.75) is 6.54 Å². The Hall–Kier alpha value is -2.17. The molecule has 5 nitrogen and oxygen atoms in total. The fourth-order valence-electron chi connectivity index (χ4n) is 1.10. The summed E-state index contributed by atoms with van der Waals surface area (Å²) in [5.74, 6) is -0.152. The van der Waals surface area contributed by atoms with Crippen molar-refractivity contribution in [3.63, 3.8) is 0 Å². The van der Waals surface area contributed by atoms with Gasteiger partial charge >= 0.3 is 0 Å². The van der Waals surface area contributed by atoms with Crippen LogP contribution in [0, 0.1) is 0 Å². The number of carbonyl (C=O) groups excluding carboxylic acids is 1. The molecule has 2 heterocycles. The Labute approximate surface area is 86.2 Å². The summed E-state index contributed by atoms with van der Waals surface area (Å²) < 4.78 is 4.78. The van der Waals surface area contributed by atoms with Gasteiger partial charge in [-0.1, -0.05) is 0 Å². The lowest BCUT2D eigenvalue weighted by molar-refractivity contribution is 0.0950. The van der Waals surface area contributed by atoms with E-state index in [0.29, 0.717) is 17.8 Å². The van der Waals surface area contributed by atoms with Gasteiger partial charge in [-0.05, 0) is 12.1 Å². The van der Waals surface area contributed by atoms with E-state index in [2.05, 4.69) is 15.3 Å². The normalized spacial score (nSPS) is 9.87. The molecule has 1 amide bonds. The second kappa shape index (κ2) is 4.36. The lowest BCUT2D eigenvalue weighted by atomic mass is 10.2.